The Morgan fingerprint density at radius 2 is 1.83 bits per heavy atom. The molecule has 1 N–H and O–H groups in total. The monoisotopic (exact) mass is 488 g/mol. The average molecular weight is 489 g/mol. The Kier molecular flexibility index (Phi) is 7.60. The minimum Gasteiger partial charge on any atom is -0.355 e. The predicted octanol–water partition coefficient (Wildman–Crippen LogP) is 3.05. The molecule has 0 bridgehead atoms. The molecular weight excluding hydrogens is 452 g/mol. The van der Waals surface area contributed by atoms with Gasteiger partial charge in [0.05, 0.1) is 6.54 Å². The van der Waals surface area contributed by atoms with E-state index in [9.17, 15) is 9.59 Å². The first-order chi connectivity index (χ1) is 17.6. The van der Waals surface area contributed by atoms with Crippen LogP contribution in [0.15, 0.2) is 53.5 Å². The summed E-state index contributed by atoms with van der Waals surface area (Å²) in [6.45, 7) is 6.75. The summed E-state index contributed by atoms with van der Waals surface area (Å²) < 4.78 is 1.72. The van der Waals surface area contributed by atoms with E-state index in [1.54, 1.807) is 10.8 Å². The van der Waals surface area contributed by atoms with Gasteiger partial charge in [-0.05, 0) is 56.8 Å². The van der Waals surface area contributed by atoms with Crippen LogP contribution in [0.5, 0.6) is 0 Å². The molecular formula is C28H36N6O2. The third-order valence-corrected chi connectivity index (χ3v) is 7.67. The van der Waals surface area contributed by atoms with Crippen LogP contribution in [0.1, 0.15) is 44.6 Å². The lowest BCUT2D eigenvalue weighted by Crippen LogP contribution is -2.46. The van der Waals surface area contributed by atoms with Crippen LogP contribution in [0.4, 0.5) is 5.82 Å². The number of anilines is 1. The first-order valence-electron chi connectivity index (χ1n) is 13.3. The number of likely N-dealkylation sites (tertiary alicyclic amines) is 1. The van der Waals surface area contributed by atoms with E-state index < -0.39 is 0 Å². The minimum atomic E-state index is -0.136. The standard InChI is InChI=1S/C28H36N6O2/c1-21-8-5-6-16-32(21)19-15-30-27(35)23-12-17-33(18-13-23)26-28(36)34(20-22-9-3-2-4-10-22)25-24(31-26)11-7-14-29-25/h2-4,7,9-11,14,21,23H,5-6,8,12-13,15-20H2,1H3,(H,30,35). The molecule has 2 aliphatic rings. The Morgan fingerprint density at radius 3 is 2.61 bits per heavy atom. The second-order valence-electron chi connectivity index (χ2n) is 10.1. The quantitative estimate of drug-likeness (QED) is 0.551. The first kappa shape index (κ1) is 24.4. The van der Waals surface area contributed by atoms with Crippen LogP contribution >= 0.6 is 0 Å². The maximum Gasteiger partial charge on any atom is 0.295 e. The number of aromatic nitrogens is 3. The van der Waals surface area contributed by atoms with Crippen LogP contribution in [0.3, 0.4) is 0 Å². The summed E-state index contributed by atoms with van der Waals surface area (Å²) in [7, 11) is 0. The highest BCUT2D eigenvalue weighted by atomic mass is 16.2. The summed E-state index contributed by atoms with van der Waals surface area (Å²) in [5, 5.41) is 3.16. The molecule has 8 nitrogen and oxygen atoms in total. The lowest BCUT2D eigenvalue weighted by Gasteiger charge is -2.34. The number of nitrogens with zero attached hydrogens (tertiary/aromatic N) is 5. The maximum absolute atomic E-state index is 13.6. The molecule has 1 atom stereocenters. The SMILES string of the molecule is CC1CCCCN1CCNC(=O)C1CCN(c2nc3cccnc3n(Cc3ccccc3)c2=O)CC1. The van der Waals surface area contributed by atoms with Gasteiger partial charge < -0.3 is 10.2 Å². The van der Waals surface area contributed by atoms with E-state index in [0.29, 0.717) is 49.2 Å². The number of benzene rings is 1. The fourth-order valence-corrected chi connectivity index (χ4v) is 5.49. The van der Waals surface area contributed by atoms with Gasteiger partial charge in [0.1, 0.15) is 5.52 Å². The Balaban J connectivity index is 1.24. The zero-order valence-electron chi connectivity index (χ0n) is 21.1. The minimum absolute atomic E-state index is 0.0197. The van der Waals surface area contributed by atoms with Crippen LogP contribution in [0, 0.1) is 5.92 Å². The van der Waals surface area contributed by atoms with Crippen molar-refractivity contribution in [3.05, 3.63) is 64.6 Å². The number of nitrogens with one attached hydrogen (secondary N) is 1. The van der Waals surface area contributed by atoms with E-state index in [1.807, 2.05) is 47.4 Å². The zero-order valence-corrected chi connectivity index (χ0v) is 21.1. The van der Waals surface area contributed by atoms with Crippen LogP contribution < -0.4 is 15.8 Å². The molecule has 190 valence electrons. The van der Waals surface area contributed by atoms with Gasteiger partial charge in [-0.2, -0.15) is 0 Å². The van der Waals surface area contributed by atoms with Crippen LogP contribution in [0.2, 0.25) is 0 Å². The number of piperidine rings is 2. The van der Waals surface area contributed by atoms with Gasteiger partial charge in [0.15, 0.2) is 11.5 Å². The Morgan fingerprint density at radius 1 is 1.03 bits per heavy atom. The lowest BCUT2D eigenvalue weighted by atomic mass is 9.96. The number of carbonyl (C=O) groups is 1. The summed E-state index contributed by atoms with van der Waals surface area (Å²) in [4.78, 5) is 40.1. The number of amides is 1. The van der Waals surface area contributed by atoms with Crippen LogP contribution in [-0.4, -0.2) is 64.1 Å². The Labute approximate surface area is 212 Å². The molecule has 1 unspecified atom stereocenters. The fraction of sp³-hybridized carbons (Fsp3) is 0.500. The van der Waals surface area contributed by atoms with Crippen molar-refractivity contribution < 1.29 is 4.79 Å². The molecule has 1 amide bonds. The molecule has 36 heavy (non-hydrogen) atoms. The molecule has 3 aromatic rings. The highest BCUT2D eigenvalue weighted by Crippen LogP contribution is 2.22. The van der Waals surface area contributed by atoms with Gasteiger partial charge in [-0.1, -0.05) is 36.8 Å². The largest absolute Gasteiger partial charge is 0.355 e. The Bertz CT molecular complexity index is 1240. The van der Waals surface area contributed by atoms with Gasteiger partial charge in [0, 0.05) is 44.3 Å². The number of fused-ring (bicyclic) bond motifs is 1. The van der Waals surface area contributed by atoms with E-state index in [4.69, 9.17) is 4.98 Å². The number of carbonyl (C=O) groups excluding carboxylic acids is 1. The molecule has 0 spiro atoms. The highest BCUT2D eigenvalue weighted by Gasteiger charge is 2.28. The molecule has 1 aromatic carbocycles. The number of rotatable bonds is 7. The molecule has 5 rings (SSSR count). The number of hydrogen-bond donors (Lipinski definition) is 1. The number of hydrogen-bond acceptors (Lipinski definition) is 6. The molecule has 4 heterocycles. The average Bonchev–Trinajstić information content (AvgIpc) is 2.92. The summed E-state index contributed by atoms with van der Waals surface area (Å²) >= 11 is 0. The third-order valence-electron chi connectivity index (χ3n) is 7.67. The molecule has 0 radical (unpaired) electrons. The Hall–Kier alpha value is -3.26. The van der Waals surface area contributed by atoms with Crippen LogP contribution in [-0.2, 0) is 11.3 Å². The predicted molar refractivity (Wildman–Crippen MR) is 142 cm³/mol. The van der Waals surface area contributed by atoms with E-state index in [-0.39, 0.29) is 17.4 Å². The lowest BCUT2D eigenvalue weighted by molar-refractivity contribution is -0.125. The highest BCUT2D eigenvalue weighted by molar-refractivity contribution is 5.79. The van der Waals surface area contributed by atoms with Crippen molar-refractivity contribution in [3.8, 4) is 0 Å². The van der Waals surface area contributed by atoms with Crippen molar-refractivity contribution in [2.24, 2.45) is 5.92 Å². The second kappa shape index (κ2) is 11.2. The van der Waals surface area contributed by atoms with Crippen molar-refractivity contribution in [2.75, 3.05) is 37.6 Å². The summed E-state index contributed by atoms with van der Waals surface area (Å²) in [5.74, 6) is 0.564. The van der Waals surface area contributed by atoms with Gasteiger partial charge in [0.2, 0.25) is 5.91 Å². The molecule has 2 aliphatic heterocycles. The van der Waals surface area contributed by atoms with Gasteiger partial charge in [-0.15, -0.1) is 0 Å². The normalized spacial score (nSPS) is 19.5. The summed E-state index contributed by atoms with van der Waals surface area (Å²) in [6, 6.07) is 14.3. The molecule has 2 aromatic heterocycles. The van der Waals surface area contributed by atoms with Crippen molar-refractivity contribution in [1.29, 1.82) is 0 Å². The van der Waals surface area contributed by atoms with E-state index >= 15 is 0 Å². The van der Waals surface area contributed by atoms with Gasteiger partial charge >= 0.3 is 0 Å². The van der Waals surface area contributed by atoms with E-state index in [0.717, 1.165) is 31.5 Å². The molecule has 0 saturated carbocycles. The van der Waals surface area contributed by atoms with Crippen molar-refractivity contribution in [2.45, 2.75) is 51.6 Å². The molecule has 0 aliphatic carbocycles. The number of pyridine rings is 1. The van der Waals surface area contributed by atoms with Crippen LogP contribution in [0.25, 0.3) is 11.2 Å². The maximum atomic E-state index is 13.6. The molecule has 2 fully saturated rings. The molecule has 2 saturated heterocycles. The van der Waals surface area contributed by atoms with Gasteiger partial charge in [-0.3, -0.25) is 19.1 Å². The van der Waals surface area contributed by atoms with Crippen molar-refractivity contribution in [1.82, 2.24) is 24.8 Å². The smallest absolute Gasteiger partial charge is 0.295 e. The van der Waals surface area contributed by atoms with E-state index in [1.165, 1.54) is 19.3 Å². The third kappa shape index (κ3) is 5.43. The summed E-state index contributed by atoms with van der Waals surface area (Å²) in [6.07, 6.45) is 6.94. The van der Waals surface area contributed by atoms with Gasteiger partial charge in [-0.25, -0.2) is 9.97 Å². The van der Waals surface area contributed by atoms with E-state index in [2.05, 4.69) is 22.1 Å². The van der Waals surface area contributed by atoms with Crippen molar-refractivity contribution >= 4 is 22.9 Å². The first-order valence-corrected chi connectivity index (χ1v) is 13.3. The van der Waals surface area contributed by atoms with Gasteiger partial charge in [0.25, 0.3) is 5.56 Å². The van der Waals surface area contributed by atoms with Crippen molar-refractivity contribution in [3.63, 3.8) is 0 Å². The fourth-order valence-electron chi connectivity index (χ4n) is 5.49. The second-order valence-corrected chi connectivity index (χ2v) is 10.1. The zero-order chi connectivity index (χ0) is 24.9. The molecule has 8 heteroatoms. The summed E-state index contributed by atoms with van der Waals surface area (Å²) in [5.41, 5.74) is 2.20. The topological polar surface area (TPSA) is 83.4 Å².